The molecular formula is C23H24Cl2N4O2. The highest BCUT2D eigenvalue weighted by atomic mass is 35.5. The zero-order valence-electron chi connectivity index (χ0n) is 17.9. The third kappa shape index (κ3) is 5.09. The molecule has 0 spiro atoms. The molecule has 0 aliphatic rings. The Labute approximate surface area is 191 Å². The van der Waals surface area contributed by atoms with Crippen LogP contribution in [0.1, 0.15) is 32.9 Å². The van der Waals surface area contributed by atoms with E-state index in [1.165, 1.54) is 0 Å². The zero-order valence-corrected chi connectivity index (χ0v) is 19.4. The van der Waals surface area contributed by atoms with Gasteiger partial charge in [0.15, 0.2) is 0 Å². The van der Waals surface area contributed by atoms with E-state index in [9.17, 15) is 9.59 Å². The van der Waals surface area contributed by atoms with E-state index in [4.69, 9.17) is 23.2 Å². The van der Waals surface area contributed by atoms with Crippen LogP contribution in [0.15, 0.2) is 42.5 Å². The van der Waals surface area contributed by atoms with Gasteiger partial charge in [-0.1, -0.05) is 35.3 Å². The Morgan fingerprint density at radius 1 is 1.06 bits per heavy atom. The summed E-state index contributed by atoms with van der Waals surface area (Å²) < 4.78 is 1.78. The number of carbonyl (C=O) groups is 2. The predicted octanol–water partition coefficient (Wildman–Crippen LogP) is 4.36. The largest absolute Gasteiger partial charge is 0.355 e. The number of likely N-dealkylation sites (N-methyl/N-ethyl adjacent to an activating group) is 1. The summed E-state index contributed by atoms with van der Waals surface area (Å²) in [5, 5.41) is 8.11. The van der Waals surface area contributed by atoms with Crippen molar-refractivity contribution >= 4 is 35.0 Å². The number of halogens is 2. The molecule has 6 nitrogen and oxygen atoms in total. The molecule has 0 saturated heterocycles. The van der Waals surface area contributed by atoms with Gasteiger partial charge in [0, 0.05) is 37.5 Å². The number of hydrogen-bond donors (Lipinski definition) is 1. The lowest BCUT2D eigenvalue weighted by Gasteiger charge is -2.18. The van der Waals surface area contributed by atoms with Gasteiger partial charge >= 0.3 is 0 Å². The molecular weight excluding hydrogens is 435 g/mol. The number of rotatable bonds is 6. The first kappa shape index (κ1) is 22.8. The van der Waals surface area contributed by atoms with E-state index < -0.39 is 0 Å². The molecule has 2 aromatic carbocycles. The molecule has 0 aliphatic heterocycles. The minimum absolute atomic E-state index is 0.0183. The van der Waals surface area contributed by atoms with Gasteiger partial charge < -0.3 is 10.2 Å². The number of nitrogens with zero attached hydrogens (tertiary/aromatic N) is 3. The van der Waals surface area contributed by atoms with Crippen molar-refractivity contribution in [3.05, 3.63) is 80.6 Å². The number of aromatic nitrogens is 2. The van der Waals surface area contributed by atoms with Gasteiger partial charge in [-0.15, -0.1) is 0 Å². The van der Waals surface area contributed by atoms with Crippen molar-refractivity contribution in [1.82, 2.24) is 20.0 Å². The highest BCUT2D eigenvalue weighted by Crippen LogP contribution is 2.26. The fraction of sp³-hybridized carbons (Fsp3) is 0.261. The normalized spacial score (nSPS) is 10.8. The van der Waals surface area contributed by atoms with E-state index in [0.717, 1.165) is 28.2 Å². The molecule has 0 bridgehead atoms. The Balaban J connectivity index is 1.73. The van der Waals surface area contributed by atoms with Gasteiger partial charge in [-0.25, -0.2) is 4.68 Å². The van der Waals surface area contributed by atoms with Gasteiger partial charge in [-0.05, 0) is 49.7 Å². The van der Waals surface area contributed by atoms with Crippen LogP contribution in [0.25, 0.3) is 5.69 Å². The lowest BCUT2D eigenvalue weighted by Crippen LogP contribution is -2.28. The molecule has 1 aromatic heterocycles. The van der Waals surface area contributed by atoms with E-state index >= 15 is 0 Å². The summed E-state index contributed by atoms with van der Waals surface area (Å²) in [5.74, 6) is -0.156. The molecule has 1 N–H and O–H groups in total. The minimum atomic E-state index is -0.138. The van der Waals surface area contributed by atoms with Gasteiger partial charge in [-0.2, -0.15) is 5.10 Å². The maximum Gasteiger partial charge on any atom is 0.251 e. The van der Waals surface area contributed by atoms with Crippen LogP contribution in [0.4, 0.5) is 0 Å². The Hall–Kier alpha value is -2.83. The lowest BCUT2D eigenvalue weighted by molar-refractivity contribution is -0.129. The van der Waals surface area contributed by atoms with Crippen LogP contribution in [0.3, 0.4) is 0 Å². The SMILES string of the molecule is CNC(=O)c1ccc(CN(C)C(=O)Cc2c(C)nn(-c3ccc(Cl)c(Cl)c3)c2C)cc1. The second kappa shape index (κ2) is 9.54. The molecule has 0 unspecified atom stereocenters. The van der Waals surface area contributed by atoms with Crippen LogP contribution in [0, 0.1) is 13.8 Å². The van der Waals surface area contributed by atoms with Crippen LogP contribution in [-0.2, 0) is 17.8 Å². The quantitative estimate of drug-likeness (QED) is 0.596. The molecule has 0 atom stereocenters. The van der Waals surface area contributed by atoms with Crippen LogP contribution in [0.2, 0.25) is 10.0 Å². The Morgan fingerprint density at radius 3 is 2.35 bits per heavy atom. The van der Waals surface area contributed by atoms with E-state index in [1.54, 1.807) is 47.9 Å². The second-order valence-electron chi connectivity index (χ2n) is 7.36. The average molecular weight is 459 g/mol. The molecule has 0 saturated carbocycles. The van der Waals surface area contributed by atoms with Gasteiger partial charge in [0.2, 0.25) is 5.91 Å². The molecule has 3 aromatic rings. The smallest absolute Gasteiger partial charge is 0.251 e. The summed E-state index contributed by atoms with van der Waals surface area (Å²) in [5.41, 5.74) is 4.88. The van der Waals surface area contributed by atoms with Crippen molar-refractivity contribution in [2.24, 2.45) is 0 Å². The number of aryl methyl sites for hydroxylation is 1. The maximum absolute atomic E-state index is 12.9. The summed E-state index contributed by atoms with van der Waals surface area (Å²) in [6, 6.07) is 12.5. The number of carbonyl (C=O) groups excluding carboxylic acids is 2. The van der Waals surface area contributed by atoms with E-state index in [2.05, 4.69) is 10.4 Å². The Bertz CT molecular complexity index is 1120. The molecule has 0 radical (unpaired) electrons. The first-order valence-corrected chi connectivity index (χ1v) is 10.5. The fourth-order valence-corrected chi connectivity index (χ4v) is 3.65. The third-order valence-electron chi connectivity index (χ3n) is 5.21. The standard InChI is InChI=1S/C23H24Cl2N4O2/c1-14-19(15(2)29(27-14)18-9-10-20(24)21(25)11-18)12-22(30)28(4)13-16-5-7-17(8-6-16)23(31)26-3/h5-11H,12-13H2,1-4H3,(H,26,31). The average Bonchev–Trinajstić information content (AvgIpc) is 3.03. The molecule has 0 fully saturated rings. The molecule has 1 heterocycles. The Morgan fingerprint density at radius 2 is 1.74 bits per heavy atom. The van der Waals surface area contributed by atoms with Crippen molar-refractivity contribution < 1.29 is 9.59 Å². The molecule has 2 amide bonds. The Kier molecular flexibility index (Phi) is 7.03. The highest BCUT2D eigenvalue weighted by Gasteiger charge is 2.19. The molecule has 3 rings (SSSR count). The zero-order chi connectivity index (χ0) is 22.7. The van der Waals surface area contributed by atoms with Crippen molar-refractivity contribution in [1.29, 1.82) is 0 Å². The summed E-state index contributed by atoms with van der Waals surface area (Å²) in [6.45, 7) is 4.27. The topological polar surface area (TPSA) is 67.2 Å². The van der Waals surface area contributed by atoms with Crippen molar-refractivity contribution in [2.75, 3.05) is 14.1 Å². The molecule has 31 heavy (non-hydrogen) atoms. The molecule has 0 aliphatic carbocycles. The van der Waals surface area contributed by atoms with E-state index in [0.29, 0.717) is 22.2 Å². The summed E-state index contributed by atoms with van der Waals surface area (Å²) in [6.07, 6.45) is 0.242. The van der Waals surface area contributed by atoms with Gasteiger partial charge in [0.05, 0.1) is 27.8 Å². The predicted molar refractivity (Wildman–Crippen MR) is 123 cm³/mol. The summed E-state index contributed by atoms with van der Waals surface area (Å²) in [7, 11) is 3.36. The van der Waals surface area contributed by atoms with Crippen molar-refractivity contribution in [3.8, 4) is 5.69 Å². The lowest BCUT2D eigenvalue weighted by atomic mass is 10.1. The van der Waals surface area contributed by atoms with Gasteiger partial charge in [0.25, 0.3) is 5.91 Å². The van der Waals surface area contributed by atoms with Crippen molar-refractivity contribution in [3.63, 3.8) is 0 Å². The van der Waals surface area contributed by atoms with Gasteiger partial charge in [-0.3, -0.25) is 9.59 Å². The van der Waals surface area contributed by atoms with Crippen LogP contribution >= 0.6 is 23.2 Å². The van der Waals surface area contributed by atoms with Crippen LogP contribution in [-0.4, -0.2) is 40.6 Å². The fourth-order valence-electron chi connectivity index (χ4n) is 3.35. The van der Waals surface area contributed by atoms with Gasteiger partial charge in [0.1, 0.15) is 0 Å². The second-order valence-corrected chi connectivity index (χ2v) is 8.18. The van der Waals surface area contributed by atoms with E-state index in [-0.39, 0.29) is 18.2 Å². The minimum Gasteiger partial charge on any atom is -0.355 e. The van der Waals surface area contributed by atoms with Crippen LogP contribution < -0.4 is 5.32 Å². The number of benzene rings is 2. The van der Waals surface area contributed by atoms with Crippen LogP contribution in [0.5, 0.6) is 0 Å². The first-order chi connectivity index (χ1) is 14.7. The number of amides is 2. The molecule has 162 valence electrons. The monoisotopic (exact) mass is 458 g/mol. The van der Waals surface area contributed by atoms with Crippen molar-refractivity contribution in [2.45, 2.75) is 26.8 Å². The highest BCUT2D eigenvalue weighted by molar-refractivity contribution is 6.42. The number of nitrogens with one attached hydrogen (secondary N) is 1. The molecule has 8 heteroatoms. The maximum atomic E-state index is 12.9. The summed E-state index contributed by atoms with van der Waals surface area (Å²) >= 11 is 12.2. The third-order valence-corrected chi connectivity index (χ3v) is 5.94. The summed E-state index contributed by atoms with van der Waals surface area (Å²) in [4.78, 5) is 26.2. The number of hydrogen-bond acceptors (Lipinski definition) is 3. The van der Waals surface area contributed by atoms with E-state index in [1.807, 2.05) is 32.0 Å². The first-order valence-electron chi connectivity index (χ1n) is 9.76.